The smallest absolute Gasteiger partial charge is 0.481 e. The first-order valence-corrected chi connectivity index (χ1v) is 8.08. The summed E-state index contributed by atoms with van der Waals surface area (Å²) in [7, 11) is 0. The second kappa shape index (κ2) is 7.22. The Kier molecular flexibility index (Phi) is 4.95. The van der Waals surface area contributed by atoms with Crippen LogP contribution < -0.4 is 4.74 Å². The van der Waals surface area contributed by atoms with Crippen molar-refractivity contribution in [2.75, 3.05) is 0 Å². The number of carbonyl (C=O) groups is 3. The lowest BCUT2D eigenvalue weighted by Crippen LogP contribution is -2.55. The number of aliphatic hydroxyl groups is 2. The van der Waals surface area contributed by atoms with Gasteiger partial charge in [0.15, 0.2) is 6.10 Å². The Bertz CT molecular complexity index is 1100. The van der Waals surface area contributed by atoms with Crippen molar-refractivity contribution in [3.05, 3.63) is 48.7 Å². The van der Waals surface area contributed by atoms with Crippen LogP contribution in [0, 0.1) is 0 Å². The molecular formula is C19H16NO8+. The van der Waals surface area contributed by atoms with Gasteiger partial charge in [-0.1, -0.05) is 30.3 Å². The minimum absolute atomic E-state index is 0. The summed E-state index contributed by atoms with van der Waals surface area (Å²) in [6.07, 6.45) is -2.38. The number of hydrogen-bond donors (Lipinski definition) is 4. The number of rotatable bonds is 6. The van der Waals surface area contributed by atoms with E-state index < -0.39 is 36.0 Å². The Morgan fingerprint density at radius 3 is 2.50 bits per heavy atom. The van der Waals surface area contributed by atoms with Crippen LogP contribution in [-0.2, 0) is 14.4 Å². The van der Waals surface area contributed by atoms with E-state index in [-0.39, 0.29) is 7.18 Å². The maximum Gasteiger partial charge on any atom is 1.00 e. The fraction of sp³-hybridized carbons (Fsp3) is 0.158. The summed E-state index contributed by atoms with van der Waals surface area (Å²) in [5.41, 5.74) is -2.76. The lowest BCUT2D eigenvalue weighted by atomic mass is 9.93. The third kappa shape index (κ3) is 3.36. The van der Waals surface area contributed by atoms with E-state index in [4.69, 9.17) is 14.9 Å². The molecular weight excluding hydrogens is 370 g/mol. The number of aliphatic carboxylic acids is 2. The molecule has 0 aliphatic rings. The van der Waals surface area contributed by atoms with Crippen molar-refractivity contribution in [2.45, 2.75) is 18.1 Å². The normalized spacial score (nSPS) is 14.4. The highest BCUT2D eigenvalue weighted by molar-refractivity contribution is 6.09. The third-order valence-corrected chi connectivity index (χ3v) is 4.25. The number of benzene rings is 2. The van der Waals surface area contributed by atoms with Crippen molar-refractivity contribution in [3.63, 3.8) is 0 Å². The molecule has 4 N–H and O–H groups in total. The average Bonchev–Trinajstić information content (AvgIpc) is 2.66. The van der Waals surface area contributed by atoms with Gasteiger partial charge in [-0.25, -0.2) is 9.59 Å². The van der Waals surface area contributed by atoms with E-state index in [2.05, 4.69) is 4.98 Å². The van der Waals surface area contributed by atoms with Crippen LogP contribution in [-0.4, -0.2) is 55.0 Å². The van der Waals surface area contributed by atoms with Crippen LogP contribution >= 0.6 is 0 Å². The van der Waals surface area contributed by atoms with Gasteiger partial charge in [0.2, 0.25) is 5.60 Å². The molecule has 144 valence electrons. The quantitative estimate of drug-likeness (QED) is 0.276. The van der Waals surface area contributed by atoms with Gasteiger partial charge < -0.3 is 25.2 Å². The first kappa shape index (κ1) is 19.2. The zero-order chi connectivity index (χ0) is 20.5. The van der Waals surface area contributed by atoms with Gasteiger partial charge in [0.1, 0.15) is 5.75 Å². The molecule has 0 radical (unpaired) electrons. The number of aromatic nitrogens is 1. The molecule has 2 unspecified atom stereocenters. The zero-order valence-corrected chi connectivity index (χ0v) is 14.3. The van der Waals surface area contributed by atoms with Gasteiger partial charge in [0.05, 0.1) is 17.3 Å². The molecule has 1 aromatic heterocycles. The number of nitrogens with zero attached hydrogens (tertiary/aromatic N) is 1. The lowest BCUT2D eigenvalue weighted by Gasteiger charge is -2.25. The van der Waals surface area contributed by atoms with E-state index >= 15 is 0 Å². The summed E-state index contributed by atoms with van der Waals surface area (Å²) in [6.45, 7) is 0. The van der Waals surface area contributed by atoms with Gasteiger partial charge in [0, 0.05) is 11.6 Å². The van der Waals surface area contributed by atoms with Crippen LogP contribution in [0.25, 0.3) is 21.7 Å². The molecule has 3 aromatic rings. The molecule has 0 aliphatic heterocycles. The molecule has 2 atom stereocenters. The molecule has 0 fully saturated rings. The highest BCUT2D eigenvalue weighted by atomic mass is 16.6. The SMILES string of the molecule is O=C(O)CC(O)(C(=O)O)C(O)C(=O)Oc1cccc2ncc3ccccc3c12.[H+]. The number of carboxylic acids is 2. The van der Waals surface area contributed by atoms with Gasteiger partial charge in [0.25, 0.3) is 0 Å². The van der Waals surface area contributed by atoms with Crippen molar-refractivity contribution in [1.82, 2.24) is 4.98 Å². The summed E-state index contributed by atoms with van der Waals surface area (Å²) >= 11 is 0. The molecule has 0 saturated carbocycles. The van der Waals surface area contributed by atoms with Gasteiger partial charge >= 0.3 is 19.3 Å². The summed E-state index contributed by atoms with van der Waals surface area (Å²) in [5, 5.41) is 39.8. The molecule has 0 spiro atoms. The van der Waals surface area contributed by atoms with Crippen LogP contribution in [0.3, 0.4) is 0 Å². The van der Waals surface area contributed by atoms with Crippen molar-refractivity contribution >= 4 is 39.6 Å². The van der Waals surface area contributed by atoms with Gasteiger partial charge in [-0.05, 0) is 17.5 Å². The van der Waals surface area contributed by atoms with Gasteiger partial charge in [-0.3, -0.25) is 9.78 Å². The highest BCUT2D eigenvalue weighted by Crippen LogP contribution is 2.32. The second-order valence-electron chi connectivity index (χ2n) is 6.12. The number of esters is 1. The Balaban J connectivity index is 0.00000300. The molecule has 1 heterocycles. The standard InChI is InChI=1S/C19H15NO8/c21-14(22)8-19(27,18(25)26)16(23)17(24)28-13-7-3-6-12-15(13)11-5-2-1-4-10(11)9-20-12/h1-7,9,16,23,27H,8H2,(H,21,22)(H,25,26)/p+1. The molecule has 2 aromatic carbocycles. The largest absolute Gasteiger partial charge is 1.00 e. The Morgan fingerprint density at radius 1 is 1.11 bits per heavy atom. The zero-order valence-electron chi connectivity index (χ0n) is 15.3. The van der Waals surface area contributed by atoms with E-state index in [0.717, 1.165) is 5.39 Å². The van der Waals surface area contributed by atoms with Crippen LogP contribution in [0.5, 0.6) is 5.75 Å². The Labute approximate surface area is 158 Å². The topological polar surface area (TPSA) is 154 Å². The van der Waals surface area contributed by atoms with E-state index in [1.54, 1.807) is 42.6 Å². The Morgan fingerprint density at radius 2 is 1.82 bits per heavy atom. The van der Waals surface area contributed by atoms with Crippen molar-refractivity contribution in [2.24, 2.45) is 0 Å². The molecule has 0 aliphatic carbocycles. The molecule has 0 amide bonds. The number of hydrogen-bond acceptors (Lipinski definition) is 7. The highest BCUT2D eigenvalue weighted by Gasteiger charge is 2.50. The number of carbonyl (C=O) groups excluding carboxylic acids is 1. The monoisotopic (exact) mass is 386 g/mol. The van der Waals surface area contributed by atoms with Crippen molar-refractivity contribution < 1.29 is 41.0 Å². The summed E-state index contributed by atoms with van der Waals surface area (Å²) in [5.74, 6) is -5.30. The number of pyridine rings is 1. The third-order valence-electron chi connectivity index (χ3n) is 4.25. The minimum atomic E-state index is -3.24. The predicted octanol–water partition coefficient (Wildman–Crippen LogP) is 1.06. The molecule has 0 bridgehead atoms. The predicted molar refractivity (Wildman–Crippen MR) is 96.8 cm³/mol. The molecule has 3 rings (SSSR count). The number of fused-ring (bicyclic) bond motifs is 3. The molecule has 9 heteroatoms. The number of ether oxygens (including phenoxy) is 1. The number of aliphatic hydroxyl groups excluding tert-OH is 1. The first-order chi connectivity index (χ1) is 13.2. The molecule has 28 heavy (non-hydrogen) atoms. The van der Waals surface area contributed by atoms with E-state index in [1.807, 2.05) is 0 Å². The number of carboxylic acid groups (broad SMARTS) is 2. The van der Waals surface area contributed by atoms with E-state index in [9.17, 15) is 24.6 Å². The first-order valence-electron chi connectivity index (χ1n) is 8.08. The van der Waals surface area contributed by atoms with Gasteiger partial charge in [-0.2, -0.15) is 0 Å². The van der Waals surface area contributed by atoms with Crippen LogP contribution in [0.2, 0.25) is 0 Å². The van der Waals surface area contributed by atoms with Crippen LogP contribution in [0.4, 0.5) is 0 Å². The fourth-order valence-corrected chi connectivity index (χ4v) is 2.84. The van der Waals surface area contributed by atoms with Crippen LogP contribution in [0.15, 0.2) is 48.7 Å². The van der Waals surface area contributed by atoms with Gasteiger partial charge in [-0.15, -0.1) is 0 Å². The summed E-state index contributed by atoms with van der Waals surface area (Å²) in [6, 6.07) is 11.8. The lowest BCUT2D eigenvalue weighted by molar-refractivity contribution is -0.186. The fourth-order valence-electron chi connectivity index (χ4n) is 2.84. The summed E-state index contributed by atoms with van der Waals surface area (Å²) in [4.78, 5) is 38.7. The van der Waals surface area contributed by atoms with E-state index in [0.29, 0.717) is 16.3 Å². The molecule has 9 nitrogen and oxygen atoms in total. The maximum atomic E-state index is 12.3. The van der Waals surface area contributed by atoms with Crippen molar-refractivity contribution in [1.29, 1.82) is 0 Å². The Hall–Kier alpha value is -3.56. The second-order valence-corrected chi connectivity index (χ2v) is 6.12. The van der Waals surface area contributed by atoms with Crippen LogP contribution in [0.1, 0.15) is 7.85 Å². The van der Waals surface area contributed by atoms with E-state index in [1.165, 1.54) is 6.07 Å². The minimum Gasteiger partial charge on any atom is -0.481 e. The summed E-state index contributed by atoms with van der Waals surface area (Å²) < 4.78 is 5.13. The molecule has 0 saturated heterocycles. The van der Waals surface area contributed by atoms with Crippen molar-refractivity contribution in [3.8, 4) is 5.75 Å². The average molecular weight is 386 g/mol. The maximum absolute atomic E-state index is 12.3.